The maximum Gasteiger partial charge on any atom is 0.259 e. The van der Waals surface area contributed by atoms with Gasteiger partial charge in [-0.3, -0.25) is 9.59 Å². The molecule has 0 unspecified atom stereocenters. The standard InChI is InChI=1S/C18H18FN3O4/c1-25-15-7-6-13(9-16(15)26-2)18(24)20-11-17(23)22-21-10-12-4-3-5-14(19)8-12/h3-10H,11H2,1-2H3,(H,20,24)(H,22,23)/b21-10+. The number of nitrogens with one attached hydrogen (secondary N) is 2. The molecule has 0 bridgehead atoms. The quantitative estimate of drug-likeness (QED) is 0.582. The first-order chi connectivity index (χ1) is 12.5. The molecule has 0 spiro atoms. The number of carbonyl (C=O) groups is 2. The van der Waals surface area contributed by atoms with Crippen LogP contribution in [-0.2, 0) is 4.79 Å². The molecule has 0 heterocycles. The Morgan fingerprint density at radius 3 is 2.58 bits per heavy atom. The van der Waals surface area contributed by atoms with Crippen LogP contribution in [0.4, 0.5) is 4.39 Å². The molecule has 0 saturated heterocycles. The second-order valence-corrected chi connectivity index (χ2v) is 5.10. The van der Waals surface area contributed by atoms with Crippen molar-refractivity contribution in [3.8, 4) is 11.5 Å². The first-order valence-electron chi connectivity index (χ1n) is 7.61. The third-order valence-electron chi connectivity index (χ3n) is 3.31. The average Bonchev–Trinajstić information content (AvgIpc) is 2.65. The summed E-state index contributed by atoms with van der Waals surface area (Å²) >= 11 is 0. The van der Waals surface area contributed by atoms with Crippen LogP contribution in [0, 0.1) is 5.82 Å². The molecule has 2 amide bonds. The number of hydrazone groups is 1. The molecule has 0 aliphatic carbocycles. The summed E-state index contributed by atoms with van der Waals surface area (Å²) in [5.41, 5.74) is 3.06. The van der Waals surface area contributed by atoms with Gasteiger partial charge in [-0.25, -0.2) is 9.82 Å². The maximum absolute atomic E-state index is 13.0. The van der Waals surface area contributed by atoms with Crippen molar-refractivity contribution in [2.75, 3.05) is 20.8 Å². The highest BCUT2D eigenvalue weighted by molar-refractivity contribution is 5.97. The van der Waals surface area contributed by atoms with Gasteiger partial charge in [-0.05, 0) is 35.9 Å². The zero-order valence-corrected chi connectivity index (χ0v) is 14.3. The van der Waals surface area contributed by atoms with Gasteiger partial charge < -0.3 is 14.8 Å². The van der Waals surface area contributed by atoms with Crippen molar-refractivity contribution in [1.82, 2.24) is 10.7 Å². The molecular weight excluding hydrogens is 341 g/mol. The molecule has 2 aromatic rings. The summed E-state index contributed by atoms with van der Waals surface area (Å²) in [5, 5.41) is 6.17. The first-order valence-corrected chi connectivity index (χ1v) is 7.61. The lowest BCUT2D eigenvalue weighted by atomic mass is 10.2. The lowest BCUT2D eigenvalue weighted by Gasteiger charge is -2.09. The van der Waals surface area contributed by atoms with Crippen molar-refractivity contribution in [2.45, 2.75) is 0 Å². The molecule has 0 saturated carbocycles. The molecule has 7 nitrogen and oxygen atoms in total. The number of amides is 2. The van der Waals surface area contributed by atoms with E-state index in [0.717, 1.165) is 0 Å². The summed E-state index contributed by atoms with van der Waals surface area (Å²) in [5.74, 6) is -0.470. The van der Waals surface area contributed by atoms with E-state index in [2.05, 4.69) is 15.8 Å². The molecule has 136 valence electrons. The van der Waals surface area contributed by atoms with Gasteiger partial charge in [-0.1, -0.05) is 12.1 Å². The van der Waals surface area contributed by atoms with Gasteiger partial charge in [0.15, 0.2) is 11.5 Å². The molecular formula is C18H18FN3O4. The molecule has 2 rings (SSSR count). The van der Waals surface area contributed by atoms with Crippen LogP contribution in [0.25, 0.3) is 0 Å². The van der Waals surface area contributed by atoms with Crippen LogP contribution in [0.1, 0.15) is 15.9 Å². The van der Waals surface area contributed by atoms with Crippen molar-refractivity contribution in [1.29, 1.82) is 0 Å². The third kappa shape index (κ3) is 5.30. The molecule has 2 aromatic carbocycles. The normalized spacial score (nSPS) is 10.4. The minimum absolute atomic E-state index is 0.270. The molecule has 0 atom stereocenters. The van der Waals surface area contributed by atoms with E-state index in [-0.39, 0.29) is 6.54 Å². The SMILES string of the molecule is COc1ccc(C(=O)NCC(=O)N/N=C/c2cccc(F)c2)cc1OC. The monoisotopic (exact) mass is 359 g/mol. The Kier molecular flexibility index (Phi) is 6.67. The van der Waals surface area contributed by atoms with Gasteiger partial charge >= 0.3 is 0 Å². The first kappa shape index (κ1) is 18.9. The fourth-order valence-corrected chi connectivity index (χ4v) is 2.05. The van der Waals surface area contributed by atoms with Crippen molar-refractivity contribution in [3.05, 3.63) is 59.4 Å². The second kappa shape index (κ2) is 9.16. The van der Waals surface area contributed by atoms with Crippen LogP contribution in [-0.4, -0.2) is 38.8 Å². The minimum atomic E-state index is -0.522. The Bertz CT molecular complexity index is 824. The molecule has 2 N–H and O–H groups in total. The average molecular weight is 359 g/mol. The number of ether oxygens (including phenoxy) is 2. The Balaban J connectivity index is 1.86. The molecule has 0 radical (unpaired) electrons. The molecule has 8 heteroatoms. The number of nitrogens with zero attached hydrogens (tertiary/aromatic N) is 1. The zero-order valence-electron chi connectivity index (χ0n) is 14.3. The van der Waals surface area contributed by atoms with Gasteiger partial charge in [0.1, 0.15) is 5.82 Å². The van der Waals surface area contributed by atoms with E-state index in [0.29, 0.717) is 22.6 Å². The molecule has 0 aliphatic heterocycles. The lowest BCUT2D eigenvalue weighted by molar-refractivity contribution is -0.120. The van der Waals surface area contributed by atoms with Crippen LogP contribution in [0.2, 0.25) is 0 Å². The van der Waals surface area contributed by atoms with Gasteiger partial charge in [0, 0.05) is 5.56 Å². The Morgan fingerprint density at radius 2 is 1.88 bits per heavy atom. The van der Waals surface area contributed by atoms with Gasteiger partial charge in [0.25, 0.3) is 11.8 Å². The van der Waals surface area contributed by atoms with E-state index >= 15 is 0 Å². The summed E-state index contributed by atoms with van der Waals surface area (Å²) in [6.45, 7) is -0.270. The van der Waals surface area contributed by atoms with Crippen LogP contribution in [0.5, 0.6) is 11.5 Å². The fraction of sp³-hybridized carbons (Fsp3) is 0.167. The van der Waals surface area contributed by atoms with Crippen molar-refractivity contribution in [3.63, 3.8) is 0 Å². The Labute approximate surface area is 149 Å². The van der Waals surface area contributed by atoms with Crippen molar-refractivity contribution in [2.24, 2.45) is 5.10 Å². The Morgan fingerprint density at radius 1 is 1.12 bits per heavy atom. The lowest BCUT2D eigenvalue weighted by Crippen LogP contribution is -2.34. The van der Waals surface area contributed by atoms with Gasteiger partial charge in [0.05, 0.1) is 27.0 Å². The molecule has 0 aliphatic rings. The maximum atomic E-state index is 13.0. The van der Waals surface area contributed by atoms with Crippen LogP contribution >= 0.6 is 0 Å². The van der Waals surface area contributed by atoms with Gasteiger partial charge in [-0.15, -0.1) is 0 Å². The van der Waals surface area contributed by atoms with E-state index in [9.17, 15) is 14.0 Å². The van der Waals surface area contributed by atoms with E-state index in [1.165, 1.54) is 44.7 Å². The highest BCUT2D eigenvalue weighted by Gasteiger charge is 2.11. The topological polar surface area (TPSA) is 89.0 Å². The fourth-order valence-electron chi connectivity index (χ4n) is 2.05. The number of hydrogen-bond donors (Lipinski definition) is 2. The third-order valence-corrected chi connectivity index (χ3v) is 3.31. The minimum Gasteiger partial charge on any atom is -0.493 e. The molecule has 26 heavy (non-hydrogen) atoms. The second-order valence-electron chi connectivity index (χ2n) is 5.10. The summed E-state index contributed by atoms with van der Waals surface area (Å²) in [6, 6.07) is 10.4. The predicted molar refractivity (Wildman–Crippen MR) is 94.0 cm³/mol. The van der Waals surface area contributed by atoms with Crippen LogP contribution in [0.3, 0.4) is 0 Å². The summed E-state index contributed by atoms with van der Waals surface area (Å²) in [6.07, 6.45) is 1.30. The number of methoxy groups -OCH3 is 2. The number of rotatable bonds is 7. The smallest absolute Gasteiger partial charge is 0.259 e. The summed E-state index contributed by atoms with van der Waals surface area (Å²) in [4.78, 5) is 23.8. The molecule has 0 aromatic heterocycles. The summed E-state index contributed by atoms with van der Waals surface area (Å²) in [7, 11) is 2.95. The largest absolute Gasteiger partial charge is 0.493 e. The van der Waals surface area contributed by atoms with Gasteiger partial charge in [0.2, 0.25) is 0 Å². The number of hydrogen-bond acceptors (Lipinski definition) is 5. The van der Waals surface area contributed by atoms with E-state index in [1.807, 2.05) is 0 Å². The Hall–Kier alpha value is -3.42. The highest BCUT2D eigenvalue weighted by atomic mass is 19.1. The molecule has 0 fully saturated rings. The number of benzene rings is 2. The van der Waals surface area contributed by atoms with E-state index in [1.54, 1.807) is 18.2 Å². The number of carbonyl (C=O) groups excluding carboxylic acids is 2. The van der Waals surface area contributed by atoms with Crippen LogP contribution < -0.4 is 20.2 Å². The zero-order chi connectivity index (χ0) is 18.9. The van der Waals surface area contributed by atoms with Crippen LogP contribution in [0.15, 0.2) is 47.6 Å². The van der Waals surface area contributed by atoms with E-state index in [4.69, 9.17) is 9.47 Å². The van der Waals surface area contributed by atoms with Crippen molar-refractivity contribution < 1.29 is 23.5 Å². The van der Waals surface area contributed by atoms with Crippen molar-refractivity contribution >= 4 is 18.0 Å². The highest BCUT2D eigenvalue weighted by Crippen LogP contribution is 2.27. The van der Waals surface area contributed by atoms with E-state index < -0.39 is 17.6 Å². The summed E-state index contributed by atoms with van der Waals surface area (Å²) < 4.78 is 23.2. The predicted octanol–water partition coefficient (Wildman–Crippen LogP) is 1.72. The van der Waals surface area contributed by atoms with Gasteiger partial charge in [-0.2, -0.15) is 5.10 Å². The number of halogens is 1.